The van der Waals surface area contributed by atoms with Crippen LogP contribution in [0.25, 0.3) is 0 Å². The van der Waals surface area contributed by atoms with E-state index in [0.717, 1.165) is 17.7 Å². The number of aliphatic hydroxyl groups excluding tert-OH is 1. The molecule has 0 aliphatic carbocycles. The molecule has 2 rings (SSSR count). The smallest absolute Gasteiger partial charge is 0.161 e. The van der Waals surface area contributed by atoms with Gasteiger partial charge in [0.15, 0.2) is 11.5 Å². The molecule has 4 nitrogen and oxygen atoms in total. The second kappa shape index (κ2) is 7.18. The molecule has 0 amide bonds. The Morgan fingerprint density at radius 3 is 2.33 bits per heavy atom. The Hall–Kier alpha value is -1.94. The highest BCUT2D eigenvalue weighted by molar-refractivity contribution is 5.44. The molecule has 0 aliphatic rings. The molecule has 4 heteroatoms. The van der Waals surface area contributed by atoms with E-state index in [1.165, 1.54) is 0 Å². The van der Waals surface area contributed by atoms with Gasteiger partial charge in [0.2, 0.25) is 0 Å². The molecule has 0 spiro atoms. The summed E-state index contributed by atoms with van der Waals surface area (Å²) in [7, 11) is 0. The molecule has 0 bridgehead atoms. The number of hydrogen-bond donors (Lipinski definition) is 1. The van der Waals surface area contributed by atoms with E-state index in [1.807, 2.05) is 39.0 Å². The highest BCUT2D eigenvalue weighted by Gasteiger charge is 2.17. The second-order valence-electron chi connectivity index (χ2n) is 4.63. The number of ether oxygens (including phenoxy) is 2. The van der Waals surface area contributed by atoms with Crippen molar-refractivity contribution in [2.75, 3.05) is 13.2 Å². The standard InChI is InChI=1S/C17H22O4/c1-4-13-8-10-15(21-13)17(18)12-7-9-14(19-5-2)16(11-12)20-6-3/h7-11,17-18H,4-6H2,1-3H3. The van der Waals surface area contributed by atoms with Crippen LogP contribution in [-0.4, -0.2) is 18.3 Å². The van der Waals surface area contributed by atoms with Gasteiger partial charge >= 0.3 is 0 Å². The van der Waals surface area contributed by atoms with Gasteiger partial charge in [0.1, 0.15) is 17.6 Å². The van der Waals surface area contributed by atoms with Crippen LogP contribution in [-0.2, 0) is 6.42 Å². The van der Waals surface area contributed by atoms with E-state index in [4.69, 9.17) is 13.9 Å². The molecule has 1 unspecified atom stereocenters. The van der Waals surface area contributed by atoms with Crippen molar-refractivity contribution >= 4 is 0 Å². The second-order valence-corrected chi connectivity index (χ2v) is 4.63. The topological polar surface area (TPSA) is 51.8 Å². The Balaban J connectivity index is 2.27. The van der Waals surface area contributed by atoms with Crippen LogP contribution >= 0.6 is 0 Å². The first-order valence-corrected chi connectivity index (χ1v) is 7.35. The molecule has 0 saturated carbocycles. The minimum Gasteiger partial charge on any atom is -0.490 e. The minimum absolute atomic E-state index is 0.540. The van der Waals surface area contributed by atoms with Crippen molar-refractivity contribution in [3.05, 3.63) is 47.4 Å². The van der Waals surface area contributed by atoms with Gasteiger partial charge in [-0.05, 0) is 43.7 Å². The largest absolute Gasteiger partial charge is 0.490 e. The maximum Gasteiger partial charge on any atom is 0.161 e. The third-order valence-corrected chi connectivity index (χ3v) is 3.18. The van der Waals surface area contributed by atoms with Crippen LogP contribution in [0.15, 0.2) is 34.7 Å². The van der Waals surface area contributed by atoms with Crippen LogP contribution in [0.2, 0.25) is 0 Å². The quantitative estimate of drug-likeness (QED) is 0.844. The number of aliphatic hydroxyl groups is 1. The van der Waals surface area contributed by atoms with Gasteiger partial charge in [0, 0.05) is 6.42 Å². The van der Waals surface area contributed by atoms with E-state index in [1.54, 1.807) is 12.1 Å². The molecule has 114 valence electrons. The molecule has 2 aromatic rings. The first-order valence-electron chi connectivity index (χ1n) is 7.35. The van der Waals surface area contributed by atoms with Crippen molar-refractivity contribution in [3.63, 3.8) is 0 Å². The average molecular weight is 290 g/mol. The van der Waals surface area contributed by atoms with Crippen molar-refractivity contribution in [3.8, 4) is 11.5 Å². The van der Waals surface area contributed by atoms with Gasteiger partial charge in [0.05, 0.1) is 13.2 Å². The summed E-state index contributed by atoms with van der Waals surface area (Å²) < 4.78 is 16.7. The lowest BCUT2D eigenvalue weighted by Gasteiger charge is -2.14. The number of aryl methyl sites for hydroxylation is 1. The molecular weight excluding hydrogens is 268 g/mol. The molecule has 1 atom stereocenters. The van der Waals surface area contributed by atoms with E-state index in [0.29, 0.717) is 30.5 Å². The van der Waals surface area contributed by atoms with Crippen molar-refractivity contribution in [1.82, 2.24) is 0 Å². The van der Waals surface area contributed by atoms with Gasteiger partial charge in [0.25, 0.3) is 0 Å². The van der Waals surface area contributed by atoms with Crippen molar-refractivity contribution < 1.29 is 19.0 Å². The predicted molar refractivity (Wildman–Crippen MR) is 80.9 cm³/mol. The Labute approximate surface area is 125 Å². The molecule has 1 N–H and O–H groups in total. The van der Waals surface area contributed by atoms with E-state index >= 15 is 0 Å². The highest BCUT2D eigenvalue weighted by atomic mass is 16.5. The third kappa shape index (κ3) is 3.58. The van der Waals surface area contributed by atoms with Crippen LogP contribution in [0.4, 0.5) is 0 Å². The Bertz CT molecular complexity index is 574. The molecule has 1 heterocycles. The molecule has 0 saturated heterocycles. The SMILES string of the molecule is CCOc1ccc(C(O)c2ccc(CC)o2)cc1OCC. The lowest BCUT2D eigenvalue weighted by atomic mass is 10.1. The number of rotatable bonds is 7. The fourth-order valence-corrected chi connectivity index (χ4v) is 2.13. The molecule has 0 aliphatic heterocycles. The van der Waals surface area contributed by atoms with Crippen molar-refractivity contribution in [2.45, 2.75) is 33.3 Å². The third-order valence-electron chi connectivity index (χ3n) is 3.18. The summed E-state index contributed by atoms with van der Waals surface area (Å²) >= 11 is 0. The fourth-order valence-electron chi connectivity index (χ4n) is 2.13. The van der Waals surface area contributed by atoms with E-state index in [-0.39, 0.29) is 0 Å². The molecular formula is C17H22O4. The Morgan fingerprint density at radius 1 is 1.00 bits per heavy atom. The summed E-state index contributed by atoms with van der Waals surface area (Å²) in [4.78, 5) is 0. The zero-order chi connectivity index (χ0) is 15.2. The van der Waals surface area contributed by atoms with Crippen LogP contribution in [0.3, 0.4) is 0 Å². The van der Waals surface area contributed by atoms with Crippen LogP contribution in [0.5, 0.6) is 11.5 Å². The lowest BCUT2D eigenvalue weighted by Crippen LogP contribution is -2.02. The first-order chi connectivity index (χ1) is 10.2. The van der Waals surface area contributed by atoms with E-state index < -0.39 is 6.10 Å². The number of furan rings is 1. The van der Waals surface area contributed by atoms with Gasteiger partial charge in [-0.2, -0.15) is 0 Å². The monoisotopic (exact) mass is 290 g/mol. The van der Waals surface area contributed by atoms with Crippen LogP contribution in [0.1, 0.15) is 44.0 Å². The van der Waals surface area contributed by atoms with E-state index in [2.05, 4.69) is 0 Å². The molecule has 0 radical (unpaired) electrons. The number of hydrogen-bond acceptors (Lipinski definition) is 4. The zero-order valence-electron chi connectivity index (χ0n) is 12.8. The molecule has 1 aromatic carbocycles. The van der Waals surface area contributed by atoms with Gasteiger partial charge in [-0.1, -0.05) is 13.0 Å². The predicted octanol–water partition coefficient (Wildman–Crippen LogP) is 3.72. The summed E-state index contributed by atoms with van der Waals surface area (Å²) in [5.74, 6) is 2.72. The normalized spacial score (nSPS) is 12.2. The van der Waals surface area contributed by atoms with Gasteiger partial charge < -0.3 is 19.0 Å². The zero-order valence-corrected chi connectivity index (χ0v) is 12.8. The fraction of sp³-hybridized carbons (Fsp3) is 0.412. The molecule has 21 heavy (non-hydrogen) atoms. The van der Waals surface area contributed by atoms with Crippen molar-refractivity contribution in [2.24, 2.45) is 0 Å². The maximum atomic E-state index is 10.4. The maximum absolute atomic E-state index is 10.4. The summed E-state index contributed by atoms with van der Waals surface area (Å²) in [6, 6.07) is 9.13. The Kier molecular flexibility index (Phi) is 5.28. The molecule has 0 fully saturated rings. The van der Waals surface area contributed by atoms with Gasteiger partial charge in [-0.25, -0.2) is 0 Å². The van der Waals surface area contributed by atoms with E-state index in [9.17, 15) is 5.11 Å². The summed E-state index contributed by atoms with van der Waals surface area (Å²) in [5, 5.41) is 10.4. The average Bonchev–Trinajstić information content (AvgIpc) is 2.98. The summed E-state index contributed by atoms with van der Waals surface area (Å²) in [6.07, 6.45) is 0.000361. The lowest BCUT2D eigenvalue weighted by molar-refractivity contribution is 0.186. The van der Waals surface area contributed by atoms with Crippen LogP contribution < -0.4 is 9.47 Å². The van der Waals surface area contributed by atoms with Gasteiger partial charge in [-0.15, -0.1) is 0 Å². The highest BCUT2D eigenvalue weighted by Crippen LogP contribution is 2.33. The summed E-state index contributed by atoms with van der Waals surface area (Å²) in [5.41, 5.74) is 0.721. The number of benzene rings is 1. The summed E-state index contributed by atoms with van der Waals surface area (Å²) in [6.45, 7) is 6.96. The van der Waals surface area contributed by atoms with Gasteiger partial charge in [-0.3, -0.25) is 0 Å². The van der Waals surface area contributed by atoms with Crippen molar-refractivity contribution in [1.29, 1.82) is 0 Å². The molecule has 1 aromatic heterocycles. The van der Waals surface area contributed by atoms with Crippen LogP contribution in [0, 0.1) is 0 Å². The Morgan fingerprint density at radius 2 is 1.71 bits per heavy atom. The minimum atomic E-state index is -0.805. The first kappa shape index (κ1) is 15.4.